The fraction of sp³-hybridized carbons (Fsp3) is 0.333. The number of aromatic nitrogens is 2. The van der Waals surface area contributed by atoms with Gasteiger partial charge in [-0.15, -0.1) is 0 Å². The third-order valence-corrected chi connectivity index (χ3v) is 7.12. The van der Waals surface area contributed by atoms with Gasteiger partial charge in [-0.25, -0.2) is 9.37 Å². The molecule has 0 saturated carbocycles. The van der Waals surface area contributed by atoms with E-state index in [-0.39, 0.29) is 64.2 Å². The summed E-state index contributed by atoms with van der Waals surface area (Å²) < 4.78 is 58.9. The van der Waals surface area contributed by atoms with Crippen LogP contribution in [0.5, 0.6) is 5.75 Å². The molecule has 0 unspecified atom stereocenters. The number of ether oxygens (including phenoxy) is 1. The standard InChI is InChI=1S/C27H27ClF4N6O4/c1-3-38(15-12-37(13-15)21(39)8-9-33)26(41)16-5-4-14(10-18(16)28)35-25(40)24-34-11-19(36(24)2)17-6-7-20(42-27(31)32)23(30)22(17)29/h4-7,10-11,15,27H,3,8-9,12-13,33H2,1-2H3,(H,35,40). The van der Waals surface area contributed by atoms with Crippen molar-refractivity contribution in [1.82, 2.24) is 19.4 Å². The smallest absolute Gasteiger partial charge is 0.387 e. The first-order valence-electron chi connectivity index (χ1n) is 12.8. The van der Waals surface area contributed by atoms with Gasteiger partial charge in [0.25, 0.3) is 11.8 Å². The molecule has 0 spiro atoms. The van der Waals surface area contributed by atoms with Crippen LogP contribution in [-0.2, 0) is 11.8 Å². The molecule has 1 aromatic heterocycles. The van der Waals surface area contributed by atoms with Crippen LogP contribution in [0.2, 0.25) is 5.02 Å². The van der Waals surface area contributed by atoms with Crippen molar-refractivity contribution < 1.29 is 36.7 Å². The van der Waals surface area contributed by atoms with Crippen molar-refractivity contribution in [2.75, 3.05) is 31.5 Å². The monoisotopic (exact) mass is 610 g/mol. The number of likely N-dealkylation sites (N-methyl/N-ethyl adjacent to an activating group) is 1. The average molecular weight is 611 g/mol. The second-order valence-corrected chi connectivity index (χ2v) is 9.78. The summed E-state index contributed by atoms with van der Waals surface area (Å²) in [7, 11) is 1.39. The molecular formula is C27H27ClF4N6O4. The van der Waals surface area contributed by atoms with Gasteiger partial charge < -0.3 is 30.2 Å². The van der Waals surface area contributed by atoms with E-state index in [4.69, 9.17) is 17.3 Å². The Morgan fingerprint density at radius 2 is 1.90 bits per heavy atom. The van der Waals surface area contributed by atoms with Crippen LogP contribution in [0.15, 0.2) is 36.5 Å². The molecule has 1 aliphatic rings. The zero-order chi connectivity index (χ0) is 30.7. The SMILES string of the molecule is CCN(C(=O)c1ccc(NC(=O)c2ncc(-c3ccc(OC(F)F)c(F)c3F)n2C)cc1Cl)C1CN(C(=O)CCN)C1. The minimum atomic E-state index is -3.34. The Labute approximate surface area is 243 Å². The molecule has 2 heterocycles. The van der Waals surface area contributed by atoms with E-state index >= 15 is 0 Å². The first kappa shape index (κ1) is 30.8. The topological polar surface area (TPSA) is 123 Å². The number of likely N-dealkylation sites (tertiary alicyclic amines) is 1. The van der Waals surface area contributed by atoms with E-state index in [0.29, 0.717) is 19.6 Å². The van der Waals surface area contributed by atoms with E-state index in [0.717, 1.165) is 18.3 Å². The van der Waals surface area contributed by atoms with E-state index in [1.165, 1.54) is 29.8 Å². The molecule has 10 nitrogen and oxygen atoms in total. The van der Waals surface area contributed by atoms with Gasteiger partial charge in [0.15, 0.2) is 17.4 Å². The van der Waals surface area contributed by atoms with Crippen LogP contribution in [0.25, 0.3) is 11.3 Å². The Balaban J connectivity index is 1.46. The third kappa shape index (κ3) is 6.19. The van der Waals surface area contributed by atoms with Gasteiger partial charge in [-0.05, 0) is 37.3 Å². The maximum absolute atomic E-state index is 14.6. The van der Waals surface area contributed by atoms with Gasteiger partial charge in [-0.3, -0.25) is 14.4 Å². The zero-order valence-electron chi connectivity index (χ0n) is 22.5. The molecule has 0 radical (unpaired) electrons. The van der Waals surface area contributed by atoms with E-state index in [1.807, 2.05) is 6.92 Å². The second-order valence-electron chi connectivity index (χ2n) is 9.37. The van der Waals surface area contributed by atoms with Gasteiger partial charge in [-0.2, -0.15) is 13.2 Å². The Hall–Kier alpha value is -4.17. The molecule has 3 N–H and O–H groups in total. The molecular weight excluding hydrogens is 584 g/mol. The number of anilines is 1. The number of imidazole rings is 1. The lowest BCUT2D eigenvalue weighted by Gasteiger charge is -2.45. The molecule has 1 fully saturated rings. The Morgan fingerprint density at radius 1 is 1.19 bits per heavy atom. The summed E-state index contributed by atoms with van der Waals surface area (Å²) in [6, 6.07) is 6.04. The van der Waals surface area contributed by atoms with Crippen LogP contribution in [-0.4, -0.2) is 75.9 Å². The number of alkyl halides is 2. The van der Waals surface area contributed by atoms with Crippen LogP contribution in [0, 0.1) is 11.6 Å². The predicted octanol–water partition coefficient (Wildman–Crippen LogP) is 3.89. The summed E-state index contributed by atoms with van der Waals surface area (Å²) in [5, 5.41) is 2.67. The minimum Gasteiger partial charge on any atom is -0.432 e. The van der Waals surface area contributed by atoms with Gasteiger partial charge in [0.1, 0.15) is 0 Å². The number of nitrogens with two attached hydrogens (primary N) is 1. The van der Waals surface area contributed by atoms with E-state index in [1.54, 1.807) is 9.80 Å². The Bertz CT molecular complexity index is 1510. The molecule has 4 rings (SSSR count). The molecule has 15 heteroatoms. The zero-order valence-corrected chi connectivity index (χ0v) is 23.3. The van der Waals surface area contributed by atoms with E-state index in [2.05, 4.69) is 15.0 Å². The van der Waals surface area contributed by atoms with Gasteiger partial charge in [-0.1, -0.05) is 11.6 Å². The van der Waals surface area contributed by atoms with Crippen LogP contribution >= 0.6 is 11.6 Å². The Morgan fingerprint density at radius 3 is 2.52 bits per heavy atom. The summed E-state index contributed by atoms with van der Waals surface area (Å²) in [4.78, 5) is 45.4. The number of halogens is 5. The first-order chi connectivity index (χ1) is 20.0. The number of rotatable bonds is 10. The van der Waals surface area contributed by atoms with Crippen LogP contribution < -0.4 is 15.8 Å². The van der Waals surface area contributed by atoms with Crippen molar-refractivity contribution in [3.05, 3.63) is 64.6 Å². The highest BCUT2D eigenvalue weighted by molar-refractivity contribution is 6.34. The van der Waals surface area contributed by atoms with Crippen LogP contribution in [0.3, 0.4) is 0 Å². The molecule has 1 aliphatic heterocycles. The van der Waals surface area contributed by atoms with E-state index < -0.39 is 29.9 Å². The largest absolute Gasteiger partial charge is 0.432 e. The van der Waals surface area contributed by atoms with Crippen molar-refractivity contribution in [1.29, 1.82) is 0 Å². The molecule has 3 aromatic rings. The molecule has 2 aromatic carbocycles. The number of carbonyl (C=O) groups excluding carboxylic acids is 3. The average Bonchev–Trinajstić information content (AvgIpc) is 3.29. The van der Waals surface area contributed by atoms with Gasteiger partial charge in [0, 0.05) is 50.9 Å². The summed E-state index contributed by atoms with van der Waals surface area (Å²) >= 11 is 6.40. The second kappa shape index (κ2) is 12.8. The number of hydrogen-bond donors (Lipinski definition) is 2. The number of nitrogens with one attached hydrogen (secondary N) is 1. The van der Waals surface area contributed by atoms with Crippen molar-refractivity contribution in [3.63, 3.8) is 0 Å². The number of benzene rings is 2. The highest BCUT2D eigenvalue weighted by Gasteiger charge is 2.36. The number of amides is 3. The molecule has 0 bridgehead atoms. The summed E-state index contributed by atoms with van der Waals surface area (Å²) in [6.07, 6.45) is 1.37. The molecule has 224 valence electrons. The normalized spacial score (nSPS) is 13.2. The lowest BCUT2D eigenvalue weighted by atomic mass is 10.0. The summed E-state index contributed by atoms with van der Waals surface area (Å²) in [5.74, 6) is -5.31. The molecule has 0 atom stereocenters. The van der Waals surface area contributed by atoms with Gasteiger partial charge in [0.05, 0.1) is 28.5 Å². The molecule has 42 heavy (non-hydrogen) atoms. The van der Waals surface area contributed by atoms with Gasteiger partial charge >= 0.3 is 6.61 Å². The van der Waals surface area contributed by atoms with Crippen LogP contribution in [0.4, 0.5) is 23.2 Å². The number of carbonyl (C=O) groups is 3. The quantitative estimate of drug-likeness (QED) is 0.336. The lowest BCUT2D eigenvalue weighted by Crippen LogP contribution is -2.62. The molecule has 0 aliphatic carbocycles. The lowest BCUT2D eigenvalue weighted by molar-refractivity contribution is -0.137. The number of hydrogen-bond acceptors (Lipinski definition) is 6. The fourth-order valence-corrected chi connectivity index (χ4v) is 4.86. The molecule has 3 amide bonds. The predicted molar refractivity (Wildman–Crippen MR) is 145 cm³/mol. The minimum absolute atomic E-state index is 0.00179. The van der Waals surface area contributed by atoms with E-state index in [9.17, 15) is 31.9 Å². The van der Waals surface area contributed by atoms with Gasteiger partial charge in [0.2, 0.25) is 11.7 Å². The summed E-state index contributed by atoms with van der Waals surface area (Å²) in [6.45, 7) is -0.0671. The molecule has 1 saturated heterocycles. The van der Waals surface area contributed by atoms with Crippen molar-refractivity contribution in [2.24, 2.45) is 12.8 Å². The fourth-order valence-electron chi connectivity index (χ4n) is 4.60. The van der Waals surface area contributed by atoms with Crippen molar-refractivity contribution in [2.45, 2.75) is 26.0 Å². The summed E-state index contributed by atoms with van der Waals surface area (Å²) in [5.41, 5.74) is 5.55. The highest BCUT2D eigenvalue weighted by atomic mass is 35.5. The maximum Gasteiger partial charge on any atom is 0.387 e. The van der Waals surface area contributed by atoms with Crippen molar-refractivity contribution >= 4 is 35.0 Å². The van der Waals surface area contributed by atoms with Crippen LogP contribution in [0.1, 0.15) is 34.3 Å². The third-order valence-electron chi connectivity index (χ3n) is 6.80. The van der Waals surface area contributed by atoms with Crippen molar-refractivity contribution in [3.8, 4) is 17.0 Å². The maximum atomic E-state index is 14.6. The number of nitrogens with zero attached hydrogens (tertiary/aromatic N) is 4. The Kier molecular flexibility index (Phi) is 9.36. The first-order valence-corrected chi connectivity index (χ1v) is 13.2. The highest BCUT2D eigenvalue weighted by Crippen LogP contribution is 2.31.